The van der Waals surface area contributed by atoms with Gasteiger partial charge in [-0.05, 0) is 40.2 Å². The van der Waals surface area contributed by atoms with E-state index in [2.05, 4.69) is 15.9 Å². The summed E-state index contributed by atoms with van der Waals surface area (Å²) in [6.07, 6.45) is 0. The molecule has 0 unspecified atom stereocenters. The van der Waals surface area contributed by atoms with Gasteiger partial charge in [0.2, 0.25) is 5.78 Å². The van der Waals surface area contributed by atoms with Crippen molar-refractivity contribution < 1.29 is 13.9 Å². The van der Waals surface area contributed by atoms with E-state index in [0.717, 1.165) is 3.79 Å². The minimum Gasteiger partial charge on any atom is -0.494 e. The highest BCUT2D eigenvalue weighted by molar-refractivity contribution is 9.11. The van der Waals surface area contributed by atoms with Crippen LogP contribution in [0.25, 0.3) is 0 Å². The van der Waals surface area contributed by atoms with Gasteiger partial charge in [-0.3, -0.25) is 4.79 Å². The maximum Gasteiger partial charge on any atom is 0.207 e. The Labute approximate surface area is 120 Å². The third-order valence-electron chi connectivity index (χ3n) is 2.30. The van der Waals surface area contributed by atoms with Gasteiger partial charge in [-0.15, -0.1) is 11.3 Å². The zero-order chi connectivity index (χ0) is 13.3. The van der Waals surface area contributed by atoms with Crippen molar-refractivity contribution in [3.8, 4) is 5.75 Å². The van der Waals surface area contributed by atoms with Crippen molar-refractivity contribution >= 4 is 44.7 Å². The SMILES string of the molecule is COc1ccc(Cl)c(C(=O)c2ccc(Br)s2)c1F. The minimum atomic E-state index is -0.737. The first-order valence-corrected chi connectivity index (χ1v) is 6.85. The van der Waals surface area contributed by atoms with Crippen LogP contribution in [0.4, 0.5) is 4.39 Å². The second-order valence-electron chi connectivity index (χ2n) is 3.37. The van der Waals surface area contributed by atoms with Crippen LogP contribution in [0.15, 0.2) is 28.1 Å². The van der Waals surface area contributed by atoms with Crippen LogP contribution >= 0.6 is 38.9 Å². The highest BCUT2D eigenvalue weighted by atomic mass is 79.9. The number of thiophene rings is 1. The van der Waals surface area contributed by atoms with E-state index in [1.54, 1.807) is 12.1 Å². The van der Waals surface area contributed by atoms with E-state index in [9.17, 15) is 9.18 Å². The standard InChI is InChI=1S/C12H7BrClFO2S/c1-17-7-3-2-6(14)10(11(7)15)12(16)8-4-5-9(13)18-8/h2-5H,1H3. The van der Waals surface area contributed by atoms with Crippen molar-refractivity contribution in [1.29, 1.82) is 0 Å². The van der Waals surface area contributed by atoms with E-state index < -0.39 is 11.6 Å². The summed E-state index contributed by atoms with van der Waals surface area (Å²) in [5.41, 5.74) is -0.162. The molecule has 94 valence electrons. The molecule has 0 aliphatic heterocycles. The van der Waals surface area contributed by atoms with Gasteiger partial charge >= 0.3 is 0 Å². The van der Waals surface area contributed by atoms with Crippen molar-refractivity contribution in [3.05, 3.63) is 49.3 Å². The summed E-state index contributed by atoms with van der Waals surface area (Å²) in [4.78, 5) is 12.6. The number of carbonyl (C=O) groups excluding carboxylic acids is 1. The van der Waals surface area contributed by atoms with Crippen LogP contribution < -0.4 is 4.74 Å². The van der Waals surface area contributed by atoms with E-state index in [4.69, 9.17) is 16.3 Å². The largest absolute Gasteiger partial charge is 0.494 e. The van der Waals surface area contributed by atoms with Crippen LogP contribution in [0, 0.1) is 5.82 Å². The first kappa shape index (κ1) is 13.5. The predicted molar refractivity (Wildman–Crippen MR) is 73.4 cm³/mol. The van der Waals surface area contributed by atoms with Crippen molar-refractivity contribution in [2.75, 3.05) is 7.11 Å². The number of halogens is 3. The molecule has 0 aliphatic rings. The lowest BCUT2D eigenvalue weighted by atomic mass is 10.1. The molecule has 2 aromatic rings. The third kappa shape index (κ3) is 2.43. The molecule has 0 amide bonds. The Bertz CT molecular complexity index is 612. The van der Waals surface area contributed by atoms with E-state index >= 15 is 0 Å². The predicted octanol–water partition coefficient (Wildman–Crippen LogP) is 4.54. The van der Waals surface area contributed by atoms with Crippen LogP contribution in [-0.2, 0) is 0 Å². The van der Waals surface area contributed by atoms with Gasteiger partial charge < -0.3 is 4.74 Å². The second kappa shape index (κ2) is 5.38. The number of rotatable bonds is 3. The zero-order valence-corrected chi connectivity index (χ0v) is 12.3. The van der Waals surface area contributed by atoms with Crippen molar-refractivity contribution in [2.45, 2.75) is 0 Å². The van der Waals surface area contributed by atoms with Gasteiger partial charge in [0, 0.05) is 0 Å². The fourth-order valence-corrected chi connectivity index (χ4v) is 3.02. The molecule has 0 radical (unpaired) electrons. The fourth-order valence-electron chi connectivity index (χ4n) is 1.46. The van der Waals surface area contributed by atoms with Gasteiger partial charge in [0.1, 0.15) is 0 Å². The van der Waals surface area contributed by atoms with E-state index in [1.807, 2.05) is 0 Å². The number of carbonyl (C=O) groups is 1. The first-order valence-electron chi connectivity index (χ1n) is 4.86. The van der Waals surface area contributed by atoms with E-state index in [0.29, 0.717) is 4.88 Å². The number of methoxy groups -OCH3 is 1. The molecule has 1 heterocycles. The van der Waals surface area contributed by atoms with Gasteiger partial charge in [-0.1, -0.05) is 11.6 Å². The molecule has 2 nitrogen and oxygen atoms in total. The third-order valence-corrected chi connectivity index (χ3v) is 4.24. The monoisotopic (exact) mass is 348 g/mol. The molecule has 0 bridgehead atoms. The van der Waals surface area contributed by atoms with Gasteiger partial charge in [-0.2, -0.15) is 0 Å². The van der Waals surface area contributed by atoms with E-state index in [1.165, 1.54) is 30.6 Å². The summed E-state index contributed by atoms with van der Waals surface area (Å²) >= 11 is 10.4. The molecule has 1 aromatic heterocycles. The molecule has 1 aromatic carbocycles. The van der Waals surface area contributed by atoms with Crippen LogP contribution in [-0.4, -0.2) is 12.9 Å². The summed E-state index contributed by atoms with van der Waals surface area (Å²) in [5, 5.41) is 0.0721. The molecule has 0 saturated carbocycles. The topological polar surface area (TPSA) is 26.3 Å². The van der Waals surface area contributed by atoms with Crippen molar-refractivity contribution in [3.63, 3.8) is 0 Å². The summed E-state index contributed by atoms with van der Waals surface area (Å²) in [7, 11) is 1.34. The van der Waals surface area contributed by atoms with Crippen molar-refractivity contribution in [2.24, 2.45) is 0 Å². The van der Waals surface area contributed by atoms with Gasteiger partial charge in [0.25, 0.3) is 0 Å². The fraction of sp³-hybridized carbons (Fsp3) is 0.0833. The summed E-state index contributed by atoms with van der Waals surface area (Å²) in [6, 6.07) is 6.17. The van der Waals surface area contributed by atoms with Crippen LogP contribution in [0.1, 0.15) is 15.2 Å². The zero-order valence-electron chi connectivity index (χ0n) is 9.17. The Kier molecular flexibility index (Phi) is 4.04. The Morgan fingerprint density at radius 2 is 2.11 bits per heavy atom. The number of benzene rings is 1. The molecular formula is C12H7BrClFO2S. The number of ketones is 1. The molecule has 0 spiro atoms. The highest BCUT2D eigenvalue weighted by Crippen LogP contribution is 2.31. The summed E-state index contributed by atoms with van der Waals surface area (Å²) in [6.45, 7) is 0. The van der Waals surface area contributed by atoms with Crippen LogP contribution in [0.2, 0.25) is 5.02 Å². The molecule has 0 N–H and O–H groups in total. The Morgan fingerprint density at radius 3 is 2.67 bits per heavy atom. The number of hydrogen-bond donors (Lipinski definition) is 0. The average molecular weight is 350 g/mol. The molecular weight excluding hydrogens is 343 g/mol. The highest BCUT2D eigenvalue weighted by Gasteiger charge is 2.22. The van der Waals surface area contributed by atoms with E-state index in [-0.39, 0.29) is 16.3 Å². The Hall–Kier alpha value is -0.910. The van der Waals surface area contributed by atoms with Gasteiger partial charge in [-0.25, -0.2) is 4.39 Å². The van der Waals surface area contributed by atoms with Crippen molar-refractivity contribution in [1.82, 2.24) is 0 Å². The Morgan fingerprint density at radius 1 is 1.39 bits per heavy atom. The van der Waals surface area contributed by atoms with Crippen LogP contribution in [0.3, 0.4) is 0 Å². The van der Waals surface area contributed by atoms with Gasteiger partial charge in [0.05, 0.1) is 26.4 Å². The average Bonchev–Trinajstić information content (AvgIpc) is 2.76. The first-order chi connectivity index (χ1) is 8.54. The summed E-state index contributed by atoms with van der Waals surface area (Å²) in [5.74, 6) is -1.19. The lowest BCUT2D eigenvalue weighted by Crippen LogP contribution is -2.05. The smallest absolute Gasteiger partial charge is 0.207 e. The quantitative estimate of drug-likeness (QED) is 0.760. The number of ether oxygens (including phenoxy) is 1. The number of hydrogen-bond acceptors (Lipinski definition) is 3. The lowest BCUT2D eigenvalue weighted by Gasteiger charge is -2.07. The molecule has 0 aliphatic carbocycles. The maximum atomic E-state index is 14.0. The molecule has 18 heavy (non-hydrogen) atoms. The molecule has 0 fully saturated rings. The molecule has 2 rings (SSSR count). The normalized spacial score (nSPS) is 10.4. The van der Waals surface area contributed by atoms with Gasteiger partial charge in [0.15, 0.2) is 11.6 Å². The maximum absolute atomic E-state index is 14.0. The minimum absolute atomic E-state index is 0.00151. The summed E-state index contributed by atoms with van der Waals surface area (Å²) < 4.78 is 19.7. The Balaban J connectivity index is 2.54. The second-order valence-corrected chi connectivity index (χ2v) is 6.24. The molecule has 0 saturated heterocycles. The lowest BCUT2D eigenvalue weighted by molar-refractivity contribution is 0.103. The molecule has 0 atom stereocenters. The van der Waals surface area contributed by atoms with Crippen LogP contribution in [0.5, 0.6) is 5.75 Å². The molecule has 6 heteroatoms.